The van der Waals surface area contributed by atoms with E-state index in [9.17, 15) is 9.59 Å². The second-order valence-electron chi connectivity index (χ2n) is 8.13. The lowest BCUT2D eigenvalue weighted by Crippen LogP contribution is -2.57. The third kappa shape index (κ3) is 3.55. The molecule has 0 radical (unpaired) electrons. The number of fused-ring (bicyclic) bond motifs is 1. The minimum atomic E-state index is -0.446. The summed E-state index contributed by atoms with van der Waals surface area (Å²) in [6, 6.07) is 15.0. The van der Waals surface area contributed by atoms with Crippen molar-refractivity contribution in [2.75, 3.05) is 26.7 Å². The second kappa shape index (κ2) is 7.99. The highest BCUT2D eigenvalue weighted by molar-refractivity contribution is 5.89. The van der Waals surface area contributed by atoms with Gasteiger partial charge in [0.25, 0.3) is 0 Å². The molecule has 2 aliphatic heterocycles. The van der Waals surface area contributed by atoms with E-state index in [1.807, 2.05) is 4.90 Å². The highest BCUT2D eigenvalue weighted by Crippen LogP contribution is 2.44. The van der Waals surface area contributed by atoms with E-state index in [-0.39, 0.29) is 24.2 Å². The summed E-state index contributed by atoms with van der Waals surface area (Å²) in [5, 5.41) is 2.50. The third-order valence-electron chi connectivity index (χ3n) is 6.61. The molecular weight excluding hydrogens is 364 g/mol. The molecule has 5 nitrogen and oxygen atoms in total. The van der Waals surface area contributed by atoms with E-state index in [1.54, 1.807) is 6.08 Å². The van der Waals surface area contributed by atoms with Crippen LogP contribution in [-0.4, -0.2) is 54.0 Å². The predicted octanol–water partition coefficient (Wildman–Crippen LogP) is 3.38. The Labute approximate surface area is 171 Å². The molecule has 1 amide bonds. The summed E-state index contributed by atoms with van der Waals surface area (Å²) in [5.41, 5.74) is 0.841. The van der Waals surface area contributed by atoms with E-state index in [4.69, 9.17) is 4.74 Å². The van der Waals surface area contributed by atoms with Crippen LogP contribution in [0.4, 0.5) is 0 Å². The van der Waals surface area contributed by atoms with E-state index in [2.05, 4.69) is 53.9 Å². The molecule has 2 saturated heterocycles. The standard InChI is InChI=1S/C24H28N2O3/c1-3-12-26-22(27)16-21(23(28)29-2)24(26)10-13-25(14-11-24)17-18-8-9-19-6-4-5-7-20(19)15-18/h3-9,15,21H,1,10-14,16-17H2,2H3. The van der Waals surface area contributed by atoms with Crippen LogP contribution >= 0.6 is 0 Å². The van der Waals surface area contributed by atoms with Crippen molar-refractivity contribution >= 4 is 22.6 Å². The number of esters is 1. The maximum atomic E-state index is 12.6. The SMILES string of the molecule is C=CCN1C(=O)CC(C(=O)OC)C12CCN(Cc1ccc3ccccc3c1)CC2. The van der Waals surface area contributed by atoms with Gasteiger partial charge in [0.05, 0.1) is 18.6 Å². The Hall–Kier alpha value is -2.66. The maximum Gasteiger partial charge on any atom is 0.311 e. The average Bonchev–Trinajstić information content (AvgIpc) is 3.01. The Morgan fingerprint density at radius 1 is 1.21 bits per heavy atom. The number of benzene rings is 2. The summed E-state index contributed by atoms with van der Waals surface area (Å²) in [4.78, 5) is 29.3. The summed E-state index contributed by atoms with van der Waals surface area (Å²) < 4.78 is 5.04. The summed E-state index contributed by atoms with van der Waals surface area (Å²) in [5.74, 6) is -0.626. The number of rotatable bonds is 5. The van der Waals surface area contributed by atoms with Crippen molar-refractivity contribution in [1.82, 2.24) is 9.80 Å². The lowest BCUT2D eigenvalue weighted by molar-refractivity contribution is -0.150. The number of carbonyl (C=O) groups is 2. The molecule has 5 heteroatoms. The van der Waals surface area contributed by atoms with E-state index in [0.717, 1.165) is 32.5 Å². The van der Waals surface area contributed by atoms with Crippen LogP contribution in [0.25, 0.3) is 10.8 Å². The van der Waals surface area contributed by atoms with Crippen LogP contribution in [-0.2, 0) is 20.9 Å². The first-order valence-corrected chi connectivity index (χ1v) is 10.3. The van der Waals surface area contributed by atoms with Gasteiger partial charge < -0.3 is 9.64 Å². The van der Waals surface area contributed by atoms with Crippen molar-refractivity contribution in [1.29, 1.82) is 0 Å². The number of nitrogens with zero attached hydrogens (tertiary/aromatic N) is 2. The zero-order valence-corrected chi connectivity index (χ0v) is 17.0. The van der Waals surface area contributed by atoms with E-state index < -0.39 is 5.54 Å². The topological polar surface area (TPSA) is 49.9 Å². The zero-order valence-electron chi connectivity index (χ0n) is 17.0. The first kappa shape index (κ1) is 19.6. The monoisotopic (exact) mass is 392 g/mol. The molecule has 2 heterocycles. The van der Waals surface area contributed by atoms with Gasteiger partial charge in [-0.05, 0) is 35.2 Å². The van der Waals surface area contributed by atoms with Crippen LogP contribution in [0.15, 0.2) is 55.1 Å². The molecule has 0 saturated carbocycles. The molecular formula is C24H28N2O3. The third-order valence-corrected chi connectivity index (χ3v) is 6.61. The van der Waals surface area contributed by atoms with Gasteiger partial charge in [0.2, 0.25) is 5.91 Å². The Balaban J connectivity index is 1.50. The van der Waals surface area contributed by atoms with Crippen LogP contribution in [0, 0.1) is 5.92 Å². The minimum absolute atomic E-state index is 0.0308. The number of methoxy groups -OCH3 is 1. The van der Waals surface area contributed by atoms with Crippen molar-refractivity contribution in [3.05, 3.63) is 60.7 Å². The number of piperidine rings is 1. The molecule has 2 aromatic rings. The molecule has 2 fully saturated rings. The number of amides is 1. The zero-order chi connectivity index (χ0) is 20.4. The number of hydrogen-bond donors (Lipinski definition) is 0. The summed E-state index contributed by atoms with van der Waals surface area (Å²) >= 11 is 0. The highest BCUT2D eigenvalue weighted by Gasteiger charge is 2.56. The summed E-state index contributed by atoms with van der Waals surface area (Å²) in [7, 11) is 1.41. The summed E-state index contributed by atoms with van der Waals surface area (Å²) in [6.45, 7) is 6.86. The van der Waals surface area contributed by atoms with E-state index in [0.29, 0.717) is 6.54 Å². The molecule has 1 spiro atoms. The van der Waals surface area contributed by atoms with Crippen molar-refractivity contribution in [2.45, 2.75) is 31.3 Å². The molecule has 29 heavy (non-hydrogen) atoms. The normalized spacial score (nSPS) is 21.6. The lowest BCUT2D eigenvalue weighted by atomic mass is 9.76. The molecule has 4 rings (SSSR count). The van der Waals surface area contributed by atoms with Crippen LogP contribution in [0.5, 0.6) is 0 Å². The predicted molar refractivity (Wildman–Crippen MR) is 113 cm³/mol. The Kier molecular flexibility index (Phi) is 5.41. The molecule has 2 aliphatic rings. The lowest BCUT2D eigenvalue weighted by Gasteiger charge is -2.46. The molecule has 0 N–H and O–H groups in total. The first-order chi connectivity index (χ1) is 14.1. The molecule has 1 atom stereocenters. The fourth-order valence-electron chi connectivity index (χ4n) is 5.08. The molecule has 152 valence electrons. The Morgan fingerprint density at radius 3 is 2.62 bits per heavy atom. The smallest absolute Gasteiger partial charge is 0.311 e. The number of likely N-dealkylation sites (tertiary alicyclic amines) is 2. The van der Waals surface area contributed by atoms with E-state index >= 15 is 0 Å². The van der Waals surface area contributed by atoms with Gasteiger partial charge in [0.1, 0.15) is 0 Å². The second-order valence-corrected chi connectivity index (χ2v) is 8.13. The van der Waals surface area contributed by atoms with Gasteiger partial charge in [-0.1, -0.05) is 42.5 Å². The van der Waals surface area contributed by atoms with Gasteiger partial charge in [-0.15, -0.1) is 6.58 Å². The van der Waals surface area contributed by atoms with Gasteiger partial charge >= 0.3 is 5.97 Å². The molecule has 2 aromatic carbocycles. The Morgan fingerprint density at radius 2 is 1.93 bits per heavy atom. The molecule has 0 aliphatic carbocycles. The quantitative estimate of drug-likeness (QED) is 0.578. The van der Waals surface area contributed by atoms with E-state index in [1.165, 1.54) is 23.4 Å². The largest absolute Gasteiger partial charge is 0.469 e. The molecule has 0 aromatic heterocycles. The highest BCUT2D eigenvalue weighted by atomic mass is 16.5. The van der Waals surface area contributed by atoms with Crippen LogP contribution in [0.3, 0.4) is 0 Å². The first-order valence-electron chi connectivity index (χ1n) is 10.3. The minimum Gasteiger partial charge on any atom is -0.469 e. The van der Waals surface area contributed by atoms with Gasteiger partial charge in [0.15, 0.2) is 0 Å². The molecule has 0 bridgehead atoms. The van der Waals surface area contributed by atoms with Gasteiger partial charge in [-0.2, -0.15) is 0 Å². The van der Waals surface area contributed by atoms with Crippen molar-refractivity contribution in [3.63, 3.8) is 0 Å². The fourth-order valence-corrected chi connectivity index (χ4v) is 5.08. The van der Waals surface area contributed by atoms with Crippen molar-refractivity contribution in [2.24, 2.45) is 5.92 Å². The maximum absolute atomic E-state index is 12.6. The molecule has 1 unspecified atom stereocenters. The average molecular weight is 392 g/mol. The fraction of sp³-hybridized carbons (Fsp3) is 0.417. The van der Waals surface area contributed by atoms with Gasteiger partial charge in [0, 0.05) is 32.6 Å². The number of ether oxygens (including phenoxy) is 1. The number of hydrogen-bond acceptors (Lipinski definition) is 4. The number of carbonyl (C=O) groups excluding carboxylic acids is 2. The van der Waals surface area contributed by atoms with Crippen LogP contribution in [0.1, 0.15) is 24.8 Å². The van der Waals surface area contributed by atoms with Crippen LogP contribution < -0.4 is 0 Å². The Bertz CT molecular complexity index is 931. The van der Waals surface area contributed by atoms with Crippen LogP contribution in [0.2, 0.25) is 0 Å². The van der Waals surface area contributed by atoms with Crippen molar-refractivity contribution in [3.8, 4) is 0 Å². The van der Waals surface area contributed by atoms with Gasteiger partial charge in [-0.3, -0.25) is 14.5 Å². The van der Waals surface area contributed by atoms with Crippen molar-refractivity contribution < 1.29 is 14.3 Å². The summed E-state index contributed by atoms with van der Waals surface area (Å²) in [6.07, 6.45) is 3.55. The van der Waals surface area contributed by atoms with Gasteiger partial charge in [-0.25, -0.2) is 0 Å².